The maximum atomic E-state index is 13.1. The van der Waals surface area contributed by atoms with Crippen molar-refractivity contribution >= 4 is 23.4 Å². The number of carbonyl (C=O) groups excluding carboxylic acids is 1. The van der Waals surface area contributed by atoms with Gasteiger partial charge in [-0.25, -0.2) is 0 Å². The van der Waals surface area contributed by atoms with Crippen molar-refractivity contribution in [2.75, 3.05) is 10.6 Å². The molecule has 0 saturated heterocycles. The van der Waals surface area contributed by atoms with Gasteiger partial charge in [-0.1, -0.05) is 60.7 Å². The van der Waals surface area contributed by atoms with E-state index in [-0.39, 0.29) is 5.91 Å². The number of fused-ring (bicyclic) bond motifs is 1. The number of carbonyl (C=O) groups is 1. The summed E-state index contributed by atoms with van der Waals surface area (Å²) in [6.45, 7) is 0.450. The number of benzene rings is 3. The number of hydrogen-bond acceptors (Lipinski definition) is 3. The summed E-state index contributed by atoms with van der Waals surface area (Å²) in [5.41, 5.74) is 9.16. The number of anilines is 2. The molecule has 0 spiro atoms. The molecular weight excluding hydrogens is 324 g/mol. The highest BCUT2D eigenvalue weighted by Crippen LogP contribution is 2.38. The molecule has 1 aliphatic heterocycles. The highest BCUT2D eigenvalue weighted by molar-refractivity contribution is 6.10. The van der Waals surface area contributed by atoms with Gasteiger partial charge >= 0.3 is 0 Å². The number of ether oxygens (including phenoxy) is 1. The van der Waals surface area contributed by atoms with Crippen LogP contribution in [0.3, 0.4) is 0 Å². The summed E-state index contributed by atoms with van der Waals surface area (Å²) < 4.78 is 5.89. The first-order valence-corrected chi connectivity index (χ1v) is 8.40. The van der Waals surface area contributed by atoms with Gasteiger partial charge in [-0.2, -0.15) is 0 Å². The molecule has 1 heterocycles. The van der Waals surface area contributed by atoms with Crippen LogP contribution in [0.15, 0.2) is 84.6 Å². The van der Waals surface area contributed by atoms with Crippen LogP contribution in [-0.4, -0.2) is 5.91 Å². The second kappa shape index (κ2) is 6.76. The second-order valence-corrected chi connectivity index (χ2v) is 6.13. The average Bonchev–Trinajstić information content (AvgIpc) is 2.67. The van der Waals surface area contributed by atoms with E-state index in [1.807, 2.05) is 60.7 Å². The lowest BCUT2D eigenvalue weighted by atomic mass is 10.1. The molecule has 0 aliphatic carbocycles. The van der Waals surface area contributed by atoms with Crippen molar-refractivity contribution < 1.29 is 9.53 Å². The topological polar surface area (TPSA) is 55.6 Å². The van der Waals surface area contributed by atoms with E-state index in [0.29, 0.717) is 29.4 Å². The predicted octanol–water partition coefficient (Wildman–Crippen LogP) is 4.24. The molecule has 0 atom stereocenters. The van der Waals surface area contributed by atoms with Crippen LogP contribution < -0.4 is 15.4 Å². The molecule has 1 aliphatic rings. The highest BCUT2D eigenvalue weighted by Gasteiger charge is 2.30. The van der Waals surface area contributed by atoms with E-state index in [0.717, 1.165) is 11.1 Å². The van der Waals surface area contributed by atoms with Crippen molar-refractivity contribution in [2.45, 2.75) is 6.54 Å². The summed E-state index contributed by atoms with van der Waals surface area (Å²) in [6, 6.07) is 24.9. The van der Waals surface area contributed by atoms with Crippen LogP contribution in [-0.2, 0) is 11.3 Å². The first kappa shape index (κ1) is 16.0. The van der Waals surface area contributed by atoms with Gasteiger partial charge in [-0.3, -0.25) is 9.69 Å². The van der Waals surface area contributed by atoms with E-state index in [9.17, 15) is 4.79 Å². The molecule has 0 bridgehead atoms. The molecule has 26 heavy (non-hydrogen) atoms. The Balaban J connectivity index is 1.76. The van der Waals surface area contributed by atoms with Gasteiger partial charge < -0.3 is 10.5 Å². The fraction of sp³-hybridized carbons (Fsp3) is 0.0455. The van der Waals surface area contributed by atoms with Gasteiger partial charge in [0.15, 0.2) is 11.5 Å². The number of nitrogen functional groups attached to an aromatic ring is 1. The van der Waals surface area contributed by atoms with Gasteiger partial charge in [0.2, 0.25) is 0 Å². The second-order valence-electron chi connectivity index (χ2n) is 6.13. The maximum absolute atomic E-state index is 13.1. The molecule has 3 aromatic carbocycles. The molecular formula is C22H18N2O2. The quantitative estimate of drug-likeness (QED) is 0.572. The van der Waals surface area contributed by atoms with Crippen molar-refractivity contribution in [3.63, 3.8) is 0 Å². The van der Waals surface area contributed by atoms with E-state index in [4.69, 9.17) is 10.5 Å². The molecule has 0 saturated carbocycles. The lowest BCUT2D eigenvalue weighted by molar-refractivity contribution is -0.117. The Morgan fingerprint density at radius 3 is 2.35 bits per heavy atom. The zero-order valence-electron chi connectivity index (χ0n) is 14.1. The Kier molecular flexibility index (Phi) is 4.15. The fourth-order valence-corrected chi connectivity index (χ4v) is 2.95. The molecule has 2 N–H and O–H groups in total. The van der Waals surface area contributed by atoms with Crippen LogP contribution in [0.1, 0.15) is 11.1 Å². The van der Waals surface area contributed by atoms with Crippen molar-refractivity contribution in [3.05, 3.63) is 95.7 Å². The summed E-state index contributed by atoms with van der Waals surface area (Å²) >= 11 is 0. The van der Waals surface area contributed by atoms with Gasteiger partial charge in [0.05, 0.1) is 12.2 Å². The van der Waals surface area contributed by atoms with E-state index in [2.05, 4.69) is 0 Å². The molecule has 4 rings (SSSR count). The van der Waals surface area contributed by atoms with E-state index in [1.165, 1.54) is 0 Å². The Morgan fingerprint density at radius 1 is 0.923 bits per heavy atom. The first-order valence-electron chi connectivity index (χ1n) is 8.40. The summed E-state index contributed by atoms with van der Waals surface area (Å²) in [5.74, 6) is 0.733. The van der Waals surface area contributed by atoms with Gasteiger partial charge in [0, 0.05) is 5.69 Å². The number of hydrogen-bond donors (Lipinski definition) is 1. The minimum atomic E-state index is -0.184. The third-order valence-electron chi connectivity index (χ3n) is 4.23. The summed E-state index contributed by atoms with van der Waals surface area (Å²) in [6.07, 6.45) is 1.76. The van der Waals surface area contributed by atoms with E-state index in [1.54, 1.807) is 29.2 Å². The Labute approximate surface area is 152 Å². The molecule has 0 aromatic heterocycles. The summed E-state index contributed by atoms with van der Waals surface area (Å²) in [5, 5.41) is 0. The highest BCUT2D eigenvalue weighted by atomic mass is 16.5. The van der Waals surface area contributed by atoms with E-state index >= 15 is 0 Å². The van der Waals surface area contributed by atoms with Gasteiger partial charge in [0.1, 0.15) is 0 Å². The van der Waals surface area contributed by atoms with Crippen LogP contribution >= 0.6 is 0 Å². The lowest BCUT2D eigenvalue weighted by Gasteiger charge is -2.31. The largest absolute Gasteiger partial charge is 0.449 e. The molecule has 4 heteroatoms. The average molecular weight is 342 g/mol. The molecule has 0 radical (unpaired) electrons. The number of nitrogens with two attached hydrogens (primary N) is 1. The number of nitrogens with zero attached hydrogens (tertiary/aromatic N) is 1. The monoisotopic (exact) mass is 342 g/mol. The first-order chi connectivity index (χ1) is 12.7. The zero-order valence-corrected chi connectivity index (χ0v) is 14.1. The SMILES string of the molecule is Nc1ccc2c(c1)N(Cc1ccccc1)C(=O)/C(=C\c1ccccc1)O2. The van der Waals surface area contributed by atoms with Crippen LogP contribution in [0, 0.1) is 0 Å². The molecule has 1 amide bonds. The van der Waals surface area contributed by atoms with Crippen LogP contribution in [0.25, 0.3) is 6.08 Å². The Morgan fingerprint density at radius 2 is 1.62 bits per heavy atom. The van der Waals surface area contributed by atoms with Crippen LogP contribution in [0.5, 0.6) is 5.75 Å². The normalized spacial score (nSPS) is 14.8. The minimum Gasteiger partial charge on any atom is -0.449 e. The third kappa shape index (κ3) is 3.17. The lowest BCUT2D eigenvalue weighted by Crippen LogP contribution is -2.36. The summed E-state index contributed by atoms with van der Waals surface area (Å²) in [4.78, 5) is 14.8. The third-order valence-corrected chi connectivity index (χ3v) is 4.23. The predicted molar refractivity (Wildman–Crippen MR) is 104 cm³/mol. The Hall–Kier alpha value is -3.53. The van der Waals surface area contributed by atoms with Crippen molar-refractivity contribution in [3.8, 4) is 5.75 Å². The van der Waals surface area contributed by atoms with E-state index < -0.39 is 0 Å². The molecule has 128 valence electrons. The smallest absolute Gasteiger partial charge is 0.294 e. The molecule has 0 unspecified atom stereocenters. The van der Waals surface area contributed by atoms with Gasteiger partial charge in [-0.05, 0) is 35.4 Å². The van der Waals surface area contributed by atoms with Crippen molar-refractivity contribution in [1.29, 1.82) is 0 Å². The standard InChI is InChI=1S/C22H18N2O2/c23-18-11-12-20-19(14-18)24(15-17-9-5-2-6-10-17)22(25)21(26-20)13-16-7-3-1-4-8-16/h1-14H,15,23H2/b21-13+. The zero-order chi connectivity index (χ0) is 17.9. The number of amides is 1. The minimum absolute atomic E-state index is 0.184. The van der Waals surface area contributed by atoms with Crippen molar-refractivity contribution in [1.82, 2.24) is 0 Å². The van der Waals surface area contributed by atoms with Gasteiger partial charge in [-0.15, -0.1) is 0 Å². The van der Waals surface area contributed by atoms with Gasteiger partial charge in [0.25, 0.3) is 5.91 Å². The number of rotatable bonds is 3. The van der Waals surface area contributed by atoms with Crippen LogP contribution in [0.2, 0.25) is 0 Å². The van der Waals surface area contributed by atoms with Crippen molar-refractivity contribution in [2.24, 2.45) is 0 Å². The van der Waals surface area contributed by atoms with Crippen LogP contribution in [0.4, 0.5) is 11.4 Å². The molecule has 3 aromatic rings. The molecule has 0 fully saturated rings. The fourth-order valence-electron chi connectivity index (χ4n) is 2.95. The molecule has 4 nitrogen and oxygen atoms in total. The summed E-state index contributed by atoms with van der Waals surface area (Å²) in [7, 11) is 0. The maximum Gasteiger partial charge on any atom is 0.294 e. The Bertz CT molecular complexity index is 966.